The minimum atomic E-state index is -1.17. The SMILES string of the molecule is Cc1cccc2c(OC(=O)N(CCCC(N)=O)CCN(C)C(=O)OCc3ccc(NC(=O)[C@H](CCCNC(N)=O)NC(=O)[C@@H](NC(=O)OCCOCCN4C(=O)C=CC4=O)C(C)C)cc3)cc3c(c12)[C@H](CCl)CN3C(=O)c1cc2cc(NC(=O)c3ccc(O)cc3)cnc2[nH]1. The van der Waals surface area contributed by atoms with Crippen LogP contribution in [0, 0.1) is 12.8 Å². The zero-order valence-corrected chi connectivity index (χ0v) is 53.3. The Morgan fingerprint density at radius 2 is 1.56 bits per heavy atom. The van der Waals surface area contributed by atoms with Gasteiger partial charge in [-0.2, -0.15) is 0 Å². The van der Waals surface area contributed by atoms with Crippen molar-refractivity contribution in [2.24, 2.45) is 17.4 Å². The maximum atomic E-state index is 14.6. The molecule has 0 fully saturated rings. The number of nitrogens with two attached hydrogens (primary N) is 2. The number of aryl methyl sites for hydroxylation is 1. The Bertz CT molecular complexity index is 3880. The molecule has 12 amide bonds. The summed E-state index contributed by atoms with van der Waals surface area (Å²) in [6.45, 7) is 4.92. The first-order valence-electron chi connectivity index (χ1n) is 30.4. The number of amides is 12. The largest absolute Gasteiger partial charge is 0.508 e. The second kappa shape index (κ2) is 32.7. The first-order valence-corrected chi connectivity index (χ1v) is 31.0. The Kier molecular flexibility index (Phi) is 24.1. The number of imide groups is 1. The smallest absolute Gasteiger partial charge is 0.415 e. The van der Waals surface area contributed by atoms with Gasteiger partial charge < -0.3 is 81.8 Å². The molecule has 3 atom stereocenters. The average molecular weight is 1330 g/mol. The lowest BCUT2D eigenvalue weighted by Gasteiger charge is -2.26. The predicted octanol–water partition coefficient (Wildman–Crippen LogP) is 5.86. The van der Waals surface area contributed by atoms with E-state index in [9.17, 15) is 57.8 Å². The summed E-state index contributed by atoms with van der Waals surface area (Å²) in [5.41, 5.74) is 14.9. The van der Waals surface area contributed by atoms with Gasteiger partial charge >= 0.3 is 24.3 Å². The summed E-state index contributed by atoms with van der Waals surface area (Å²) in [6.07, 6.45) is 1.60. The molecular weight excluding hydrogens is 1250 g/mol. The van der Waals surface area contributed by atoms with Crippen molar-refractivity contribution in [2.45, 2.75) is 71.1 Å². The van der Waals surface area contributed by atoms with Crippen LogP contribution in [-0.2, 0) is 44.8 Å². The summed E-state index contributed by atoms with van der Waals surface area (Å²) >= 11 is 6.64. The van der Waals surface area contributed by atoms with Crippen molar-refractivity contribution in [1.29, 1.82) is 0 Å². The molecule has 2 aliphatic heterocycles. The summed E-state index contributed by atoms with van der Waals surface area (Å²) in [6, 6.07) is 19.4. The van der Waals surface area contributed by atoms with Crippen molar-refractivity contribution >= 4 is 116 Å². The van der Waals surface area contributed by atoms with Gasteiger partial charge in [0.05, 0.1) is 37.3 Å². The third-order valence-corrected chi connectivity index (χ3v) is 15.9. The fraction of sp³-hybridized carbons (Fsp3) is 0.354. The molecule has 0 radical (unpaired) electrons. The number of ether oxygens (including phenoxy) is 4. The molecule has 502 valence electrons. The summed E-state index contributed by atoms with van der Waals surface area (Å²) in [5.74, 6) is -4.20. The lowest BCUT2D eigenvalue weighted by atomic mass is 9.92. The number of nitrogens with zero attached hydrogens (tertiary/aromatic N) is 5. The Hall–Kier alpha value is -10.8. The highest BCUT2D eigenvalue weighted by atomic mass is 35.5. The Morgan fingerprint density at radius 3 is 2.25 bits per heavy atom. The van der Waals surface area contributed by atoms with Crippen molar-refractivity contribution < 1.29 is 76.8 Å². The third-order valence-electron chi connectivity index (χ3n) is 15.5. The number of phenols is 1. The molecule has 0 saturated heterocycles. The Balaban J connectivity index is 0.869. The number of nitrogens with one attached hydrogen (secondary N) is 6. The van der Waals surface area contributed by atoms with Crippen LogP contribution in [0.4, 0.5) is 36.2 Å². The number of urea groups is 1. The van der Waals surface area contributed by atoms with E-state index in [0.717, 1.165) is 33.6 Å². The number of primary amides is 2. The van der Waals surface area contributed by atoms with Gasteiger partial charge in [0.25, 0.3) is 23.6 Å². The van der Waals surface area contributed by atoms with Crippen molar-refractivity contribution in [1.82, 2.24) is 40.6 Å². The first-order chi connectivity index (χ1) is 45.5. The number of halogens is 1. The van der Waals surface area contributed by atoms with Crippen molar-refractivity contribution in [3.05, 3.63) is 131 Å². The molecule has 2 aliphatic rings. The molecule has 4 aromatic carbocycles. The molecule has 0 saturated carbocycles. The van der Waals surface area contributed by atoms with E-state index < -0.39 is 83.7 Å². The molecule has 8 rings (SSSR count). The minimum Gasteiger partial charge on any atom is -0.508 e. The summed E-state index contributed by atoms with van der Waals surface area (Å²) in [4.78, 5) is 155. The van der Waals surface area contributed by atoms with Crippen LogP contribution in [0.15, 0.2) is 103 Å². The standard InChI is InChI=1S/C65H74ClN13O16/c1-37(2)56(75-63(89)93-29-28-92-27-26-78-52(82)20-21-53(78)83)60(86)74-47(10-6-22-69-62(68)88)59(85)71-43-16-12-39(13-17-43)36-94-64(90)76(4)24-25-77(23-7-11-51(67)81)65(91)95-50-32-49-55(54-38(3)8-5-9-46(50)54)42(33-66)35-79(49)61(87)48-31-41-30-44(34-70-57(41)73-48)72-58(84)40-14-18-45(80)19-15-40/h5,8-9,12-21,30-32,34,37,42,47,56,80H,6-7,10-11,22-29,33,35-36H2,1-4H3,(H2,67,81)(H,70,73)(H,71,85)(H,72,84)(H,74,86)(H,75,89)(H3,68,69,88)/t42-,47+,56+/m1/s1. The van der Waals surface area contributed by atoms with E-state index in [1.165, 1.54) is 47.3 Å². The Morgan fingerprint density at radius 1 is 0.821 bits per heavy atom. The summed E-state index contributed by atoms with van der Waals surface area (Å²) in [5, 5.41) is 24.7. The van der Waals surface area contributed by atoms with Crippen LogP contribution in [0.3, 0.4) is 0 Å². The number of aromatic amines is 1. The van der Waals surface area contributed by atoms with E-state index in [-0.39, 0.29) is 120 Å². The molecule has 2 aromatic heterocycles. The number of benzene rings is 4. The van der Waals surface area contributed by atoms with E-state index in [2.05, 4.69) is 36.6 Å². The third kappa shape index (κ3) is 18.7. The van der Waals surface area contributed by atoms with Gasteiger partial charge in [0.1, 0.15) is 48.1 Å². The van der Waals surface area contributed by atoms with Gasteiger partial charge in [0.2, 0.25) is 17.7 Å². The number of hydrogen-bond donors (Lipinski definition) is 9. The zero-order chi connectivity index (χ0) is 68.5. The van der Waals surface area contributed by atoms with Gasteiger partial charge in [-0.1, -0.05) is 44.2 Å². The number of aromatic hydroxyl groups is 1. The van der Waals surface area contributed by atoms with Gasteiger partial charge in [-0.15, -0.1) is 11.6 Å². The molecule has 29 nitrogen and oxygen atoms in total. The summed E-state index contributed by atoms with van der Waals surface area (Å²) in [7, 11) is 1.47. The number of anilines is 3. The highest BCUT2D eigenvalue weighted by molar-refractivity contribution is 6.20. The number of alkyl halides is 1. The van der Waals surface area contributed by atoms with Crippen LogP contribution in [0.1, 0.15) is 83.0 Å². The molecule has 0 aliphatic carbocycles. The maximum Gasteiger partial charge on any atom is 0.415 e. The van der Waals surface area contributed by atoms with Gasteiger partial charge in [-0.05, 0) is 103 Å². The van der Waals surface area contributed by atoms with E-state index >= 15 is 0 Å². The fourth-order valence-corrected chi connectivity index (χ4v) is 10.8. The number of rotatable bonds is 30. The van der Waals surface area contributed by atoms with E-state index in [0.29, 0.717) is 44.6 Å². The van der Waals surface area contributed by atoms with Crippen LogP contribution in [0.2, 0.25) is 0 Å². The first kappa shape index (κ1) is 70.1. The number of pyridine rings is 1. The fourth-order valence-electron chi connectivity index (χ4n) is 10.5. The van der Waals surface area contributed by atoms with Crippen molar-refractivity contribution in [3.63, 3.8) is 0 Å². The molecule has 95 heavy (non-hydrogen) atoms. The molecule has 30 heteroatoms. The molecule has 4 heterocycles. The number of phenolic OH excluding ortho intramolecular Hbond substituents is 1. The highest BCUT2D eigenvalue weighted by Gasteiger charge is 2.37. The number of carbonyl (C=O) groups is 11. The molecule has 0 unspecified atom stereocenters. The van der Waals surface area contributed by atoms with Crippen LogP contribution >= 0.6 is 11.6 Å². The second-order valence-corrected chi connectivity index (χ2v) is 23.1. The number of H-pyrrole nitrogens is 1. The number of likely N-dealkylation sites (N-methyl/N-ethyl adjacent to an activating group) is 1. The van der Waals surface area contributed by atoms with Crippen molar-refractivity contribution in [2.75, 3.05) is 87.6 Å². The number of alkyl carbamates (subject to hydrolysis) is 1. The van der Waals surface area contributed by atoms with E-state index in [4.69, 9.17) is 42.0 Å². The number of carbonyl (C=O) groups excluding carboxylic acids is 11. The topological polar surface area (TPSA) is 399 Å². The van der Waals surface area contributed by atoms with Gasteiger partial charge in [-0.3, -0.25) is 38.5 Å². The number of hydrogen-bond acceptors (Lipinski definition) is 17. The molecular formula is C65H74ClN13O16. The second-order valence-electron chi connectivity index (χ2n) is 22.8. The van der Waals surface area contributed by atoms with E-state index in [1.54, 1.807) is 67.3 Å². The average Bonchev–Trinajstić information content (AvgIpc) is 1.63. The quantitative estimate of drug-likeness (QED) is 0.0145. The van der Waals surface area contributed by atoms with Gasteiger partial charge in [0, 0.05) is 98.2 Å². The van der Waals surface area contributed by atoms with Crippen LogP contribution in [0.5, 0.6) is 11.5 Å². The lowest BCUT2D eigenvalue weighted by Crippen LogP contribution is -2.54. The van der Waals surface area contributed by atoms with Gasteiger partial charge in [-0.25, -0.2) is 24.2 Å². The predicted molar refractivity (Wildman–Crippen MR) is 348 cm³/mol. The monoisotopic (exact) mass is 1330 g/mol. The van der Waals surface area contributed by atoms with Gasteiger partial charge in [0.15, 0.2) is 0 Å². The van der Waals surface area contributed by atoms with Crippen LogP contribution in [0.25, 0.3) is 21.8 Å². The molecule has 0 spiro atoms. The zero-order valence-electron chi connectivity index (χ0n) is 52.6. The van der Waals surface area contributed by atoms with Crippen LogP contribution in [-0.4, -0.2) is 180 Å². The molecule has 6 aromatic rings. The van der Waals surface area contributed by atoms with Crippen LogP contribution < -0.4 is 47.7 Å². The summed E-state index contributed by atoms with van der Waals surface area (Å²) < 4.78 is 22.4. The maximum absolute atomic E-state index is 14.6. The minimum absolute atomic E-state index is 0.00568. The van der Waals surface area contributed by atoms with Crippen molar-refractivity contribution in [3.8, 4) is 11.5 Å². The van der Waals surface area contributed by atoms with E-state index in [1.807, 2.05) is 19.1 Å². The molecule has 0 bridgehead atoms. The highest BCUT2D eigenvalue weighted by Crippen LogP contribution is 2.47. The number of aromatic nitrogens is 2. The molecule has 11 N–H and O–H groups in total. The normalized spacial score (nSPS) is 13.9. The number of fused-ring (bicyclic) bond motifs is 4. The Labute approximate surface area is 550 Å². The lowest BCUT2D eigenvalue weighted by molar-refractivity contribution is -0.137.